The van der Waals surface area contributed by atoms with Gasteiger partial charge < -0.3 is 15.4 Å². The fourth-order valence-electron chi connectivity index (χ4n) is 2.09. The normalized spacial score (nSPS) is 20.9. The summed E-state index contributed by atoms with van der Waals surface area (Å²) in [6, 6.07) is 3.98. The Morgan fingerprint density at radius 2 is 2.05 bits per heavy atom. The smallest absolute Gasteiger partial charge is 0.378 e. The summed E-state index contributed by atoms with van der Waals surface area (Å²) in [5.74, 6) is -0.220. The lowest BCUT2D eigenvalue weighted by Crippen LogP contribution is -2.51. The second kappa shape index (κ2) is 6.44. The Balaban J connectivity index is 1.96. The van der Waals surface area contributed by atoms with Gasteiger partial charge in [-0.1, -0.05) is 12.1 Å². The molecule has 2 N–H and O–H groups in total. The highest BCUT2D eigenvalue weighted by Gasteiger charge is 2.30. The molecule has 1 unspecified atom stereocenters. The number of hydrogen-bond acceptors (Lipinski definition) is 3. The number of carbonyl (C=O) groups excluding carboxylic acids is 1. The minimum absolute atomic E-state index is 0.220. The van der Waals surface area contributed by atoms with Crippen molar-refractivity contribution in [2.24, 2.45) is 0 Å². The molecule has 0 aliphatic carbocycles. The van der Waals surface area contributed by atoms with E-state index in [1.54, 1.807) is 6.92 Å². The molecule has 0 spiro atoms. The van der Waals surface area contributed by atoms with Crippen LogP contribution in [0.15, 0.2) is 24.3 Å². The summed E-state index contributed by atoms with van der Waals surface area (Å²) in [5.41, 5.74) is -0.0831. The zero-order valence-electron chi connectivity index (χ0n) is 11.5. The molecule has 1 amide bonds. The Morgan fingerprint density at radius 3 is 2.57 bits per heavy atom. The molecule has 1 fully saturated rings. The van der Waals surface area contributed by atoms with Gasteiger partial charge in [0.1, 0.15) is 6.04 Å². The van der Waals surface area contributed by atoms with Crippen LogP contribution in [0.1, 0.15) is 24.1 Å². The molecule has 1 aromatic rings. The van der Waals surface area contributed by atoms with Gasteiger partial charge in [-0.3, -0.25) is 4.79 Å². The molecule has 1 aliphatic rings. The van der Waals surface area contributed by atoms with E-state index in [9.17, 15) is 18.0 Å². The first-order valence-electron chi connectivity index (χ1n) is 6.66. The van der Waals surface area contributed by atoms with E-state index in [0.717, 1.165) is 12.1 Å². The minimum Gasteiger partial charge on any atom is -0.378 e. The number of hydrogen-bond donors (Lipinski definition) is 2. The van der Waals surface area contributed by atoms with Crippen LogP contribution in [0.4, 0.5) is 13.2 Å². The zero-order valence-corrected chi connectivity index (χ0v) is 11.5. The van der Waals surface area contributed by atoms with E-state index in [4.69, 9.17) is 4.74 Å². The summed E-state index contributed by atoms with van der Waals surface area (Å²) in [7, 11) is 0. The van der Waals surface area contributed by atoms with E-state index in [1.807, 2.05) is 0 Å². The predicted molar refractivity (Wildman–Crippen MR) is 70.6 cm³/mol. The predicted octanol–water partition coefficient (Wildman–Crippen LogP) is 1.87. The topological polar surface area (TPSA) is 50.4 Å². The van der Waals surface area contributed by atoms with Crippen LogP contribution in [-0.4, -0.2) is 31.7 Å². The van der Waals surface area contributed by atoms with Crippen molar-refractivity contribution < 1.29 is 22.7 Å². The SMILES string of the molecule is C[C@@H](NC(=O)C1COCCN1)c1ccc(C(F)(F)F)cc1. The Kier molecular flexibility index (Phi) is 4.84. The lowest BCUT2D eigenvalue weighted by Gasteiger charge is -2.25. The molecular formula is C14H17F3N2O2. The standard InChI is InChI=1S/C14H17F3N2O2/c1-9(19-13(20)12-8-21-7-6-18-12)10-2-4-11(5-3-10)14(15,16)17/h2-5,9,12,18H,6-8H2,1H3,(H,19,20)/t9-,12?/m1/s1. The molecule has 4 nitrogen and oxygen atoms in total. The van der Waals surface area contributed by atoms with Gasteiger partial charge in [-0.05, 0) is 24.6 Å². The van der Waals surface area contributed by atoms with Crippen LogP contribution in [0.2, 0.25) is 0 Å². The van der Waals surface area contributed by atoms with Gasteiger partial charge in [0.15, 0.2) is 0 Å². The van der Waals surface area contributed by atoms with Crippen molar-refractivity contribution in [1.82, 2.24) is 10.6 Å². The highest BCUT2D eigenvalue weighted by molar-refractivity contribution is 5.82. The molecule has 2 rings (SSSR count). The van der Waals surface area contributed by atoms with Crippen molar-refractivity contribution >= 4 is 5.91 Å². The van der Waals surface area contributed by atoms with E-state index >= 15 is 0 Å². The van der Waals surface area contributed by atoms with Crippen molar-refractivity contribution in [2.45, 2.75) is 25.2 Å². The molecule has 1 aliphatic heterocycles. The van der Waals surface area contributed by atoms with Gasteiger partial charge in [0.05, 0.1) is 24.8 Å². The van der Waals surface area contributed by atoms with E-state index in [1.165, 1.54) is 12.1 Å². The first-order valence-corrected chi connectivity index (χ1v) is 6.66. The van der Waals surface area contributed by atoms with Crippen molar-refractivity contribution in [3.63, 3.8) is 0 Å². The Bertz CT molecular complexity index is 482. The second-order valence-electron chi connectivity index (χ2n) is 4.93. The number of ether oxygens (including phenoxy) is 1. The first kappa shape index (κ1) is 15.8. The molecule has 0 radical (unpaired) electrons. The van der Waals surface area contributed by atoms with Gasteiger partial charge in [-0.15, -0.1) is 0 Å². The molecule has 7 heteroatoms. The molecule has 1 saturated heterocycles. The van der Waals surface area contributed by atoms with Crippen molar-refractivity contribution in [3.05, 3.63) is 35.4 Å². The maximum absolute atomic E-state index is 12.5. The summed E-state index contributed by atoms with van der Waals surface area (Å²) in [6.45, 7) is 3.20. The highest BCUT2D eigenvalue weighted by atomic mass is 19.4. The van der Waals surface area contributed by atoms with Crippen molar-refractivity contribution in [1.29, 1.82) is 0 Å². The van der Waals surface area contributed by atoms with Crippen LogP contribution in [0.5, 0.6) is 0 Å². The number of amides is 1. The third-order valence-corrected chi connectivity index (χ3v) is 3.33. The van der Waals surface area contributed by atoms with Crippen LogP contribution in [0, 0.1) is 0 Å². The number of halogens is 3. The van der Waals surface area contributed by atoms with E-state index < -0.39 is 17.8 Å². The highest BCUT2D eigenvalue weighted by Crippen LogP contribution is 2.29. The average molecular weight is 302 g/mol. The third kappa shape index (κ3) is 4.18. The van der Waals surface area contributed by atoms with Gasteiger partial charge in [-0.25, -0.2) is 0 Å². The fourth-order valence-corrected chi connectivity index (χ4v) is 2.09. The molecule has 116 valence electrons. The molecule has 2 atom stereocenters. The molecule has 1 heterocycles. The van der Waals surface area contributed by atoms with Crippen LogP contribution in [0.25, 0.3) is 0 Å². The molecule has 1 aromatic carbocycles. The van der Waals surface area contributed by atoms with E-state index in [0.29, 0.717) is 25.3 Å². The van der Waals surface area contributed by atoms with Gasteiger partial charge in [-0.2, -0.15) is 13.2 Å². The molecule has 0 bridgehead atoms. The number of rotatable bonds is 3. The Hall–Kier alpha value is -1.60. The number of morpholine rings is 1. The van der Waals surface area contributed by atoms with Crippen LogP contribution < -0.4 is 10.6 Å². The monoisotopic (exact) mass is 302 g/mol. The number of alkyl halides is 3. The van der Waals surface area contributed by atoms with Crippen molar-refractivity contribution in [2.75, 3.05) is 19.8 Å². The van der Waals surface area contributed by atoms with Gasteiger partial charge in [0.25, 0.3) is 0 Å². The fraction of sp³-hybridized carbons (Fsp3) is 0.500. The molecule has 0 saturated carbocycles. The van der Waals surface area contributed by atoms with Crippen LogP contribution in [0.3, 0.4) is 0 Å². The summed E-state index contributed by atoms with van der Waals surface area (Å²) in [5, 5.41) is 5.78. The zero-order chi connectivity index (χ0) is 15.5. The quantitative estimate of drug-likeness (QED) is 0.896. The summed E-state index contributed by atoms with van der Waals surface area (Å²) in [6.07, 6.45) is -4.35. The summed E-state index contributed by atoms with van der Waals surface area (Å²) in [4.78, 5) is 12.0. The number of benzene rings is 1. The second-order valence-corrected chi connectivity index (χ2v) is 4.93. The summed E-state index contributed by atoms with van der Waals surface area (Å²) >= 11 is 0. The summed E-state index contributed by atoms with van der Waals surface area (Å²) < 4.78 is 42.6. The average Bonchev–Trinajstić information content (AvgIpc) is 2.47. The third-order valence-electron chi connectivity index (χ3n) is 3.33. The molecule has 21 heavy (non-hydrogen) atoms. The Morgan fingerprint density at radius 1 is 1.38 bits per heavy atom. The largest absolute Gasteiger partial charge is 0.416 e. The molecule has 0 aromatic heterocycles. The van der Waals surface area contributed by atoms with Gasteiger partial charge >= 0.3 is 6.18 Å². The lowest BCUT2D eigenvalue weighted by atomic mass is 10.1. The Labute approximate surface area is 120 Å². The van der Waals surface area contributed by atoms with Crippen LogP contribution in [-0.2, 0) is 15.7 Å². The first-order chi connectivity index (χ1) is 9.88. The minimum atomic E-state index is -4.35. The number of nitrogens with one attached hydrogen (secondary N) is 2. The number of carbonyl (C=O) groups is 1. The lowest BCUT2D eigenvalue weighted by molar-refractivity contribution is -0.137. The van der Waals surface area contributed by atoms with Gasteiger partial charge in [0, 0.05) is 6.54 Å². The maximum atomic E-state index is 12.5. The van der Waals surface area contributed by atoms with Crippen molar-refractivity contribution in [3.8, 4) is 0 Å². The molecular weight excluding hydrogens is 285 g/mol. The van der Waals surface area contributed by atoms with Gasteiger partial charge in [0.2, 0.25) is 5.91 Å². The van der Waals surface area contributed by atoms with Crippen LogP contribution >= 0.6 is 0 Å². The van der Waals surface area contributed by atoms with E-state index in [-0.39, 0.29) is 11.9 Å². The van der Waals surface area contributed by atoms with E-state index in [2.05, 4.69) is 10.6 Å². The maximum Gasteiger partial charge on any atom is 0.416 e.